The third kappa shape index (κ3) is 3.36. The average molecular weight is 360 g/mol. The van der Waals surface area contributed by atoms with Gasteiger partial charge in [0, 0.05) is 0 Å². The summed E-state index contributed by atoms with van der Waals surface area (Å²) in [7, 11) is 1.67. The molecule has 0 saturated heterocycles. The highest BCUT2D eigenvalue weighted by molar-refractivity contribution is 9.10. The Bertz CT molecular complexity index is 494. The molecule has 1 heterocycles. The zero-order valence-electron chi connectivity index (χ0n) is 9.32. The third-order valence-electron chi connectivity index (χ3n) is 2.45. The molecule has 0 aliphatic heterocycles. The van der Waals surface area contributed by atoms with Crippen LogP contribution in [0.4, 0.5) is 0 Å². The monoisotopic (exact) mass is 358 g/mol. The Morgan fingerprint density at radius 1 is 1.29 bits per heavy atom. The summed E-state index contributed by atoms with van der Waals surface area (Å²) in [6.07, 6.45) is 0.858. The van der Waals surface area contributed by atoms with Crippen LogP contribution in [-0.4, -0.2) is 7.11 Å². The van der Waals surface area contributed by atoms with Gasteiger partial charge in [-0.15, -0.1) is 0 Å². The van der Waals surface area contributed by atoms with E-state index in [2.05, 4.69) is 37.9 Å². The van der Waals surface area contributed by atoms with Crippen molar-refractivity contribution in [3.8, 4) is 5.75 Å². The zero-order valence-corrected chi connectivity index (χ0v) is 12.5. The molecule has 0 N–H and O–H groups in total. The molecule has 0 amide bonds. The first kappa shape index (κ1) is 12.7. The molecule has 2 nitrogen and oxygen atoms in total. The number of ether oxygens (including phenoxy) is 1. The van der Waals surface area contributed by atoms with Crippen LogP contribution in [0.1, 0.15) is 16.2 Å². The van der Waals surface area contributed by atoms with E-state index in [1.54, 1.807) is 7.11 Å². The molecule has 2 rings (SSSR count). The first-order valence-corrected chi connectivity index (χ1v) is 6.92. The first-order chi connectivity index (χ1) is 8.19. The molecule has 90 valence electrons. The molecule has 4 heteroatoms. The van der Waals surface area contributed by atoms with Gasteiger partial charge in [-0.25, -0.2) is 0 Å². The van der Waals surface area contributed by atoms with E-state index >= 15 is 0 Å². The molecule has 17 heavy (non-hydrogen) atoms. The third-order valence-corrected chi connectivity index (χ3v) is 3.65. The quantitative estimate of drug-likeness (QED) is 0.736. The molecular weight excluding hydrogens is 348 g/mol. The summed E-state index contributed by atoms with van der Waals surface area (Å²) in [5.74, 6) is 1.79. The van der Waals surface area contributed by atoms with Crippen molar-refractivity contribution >= 4 is 31.9 Å². The van der Waals surface area contributed by atoms with Crippen LogP contribution >= 0.6 is 31.9 Å². The Labute approximate surface area is 117 Å². The molecule has 1 atom stereocenters. The lowest BCUT2D eigenvalue weighted by molar-refractivity contribution is 0.414. The lowest BCUT2D eigenvalue weighted by Crippen LogP contribution is -1.94. The SMILES string of the molecule is COc1cccc(CC(Br)c2ccc(Br)o2)c1. The van der Waals surface area contributed by atoms with Crippen LogP contribution in [0.2, 0.25) is 0 Å². The second kappa shape index (κ2) is 5.74. The van der Waals surface area contributed by atoms with Crippen molar-refractivity contribution in [3.05, 3.63) is 52.4 Å². The fourth-order valence-corrected chi connectivity index (χ4v) is 2.54. The highest BCUT2D eigenvalue weighted by Crippen LogP contribution is 2.30. The highest BCUT2D eigenvalue weighted by Gasteiger charge is 2.12. The molecule has 0 fully saturated rings. The lowest BCUT2D eigenvalue weighted by Gasteiger charge is -2.08. The number of halogens is 2. The largest absolute Gasteiger partial charge is 0.497 e. The molecule has 0 bridgehead atoms. The number of alkyl halides is 1. The van der Waals surface area contributed by atoms with Crippen LogP contribution in [0.5, 0.6) is 5.75 Å². The Hall–Kier alpha value is -0.740. The molecule has 0 saturated carbocycles. The van der Waals surface area contributed by atoms with Crippen LogP contribution in [0, 0.1) is 0 Å². The fourth-order valence-electron chi connectivity index (χ4n) is 1.60. The van der Waals surface area contributed by atoms with Crippen molar-refractivity contribution in [1.29, 1.82) is 0 Å². The number of hydrogen-bond donors (Lipinski definition) is 0. The molecule has 1 aromatic heterocycles. The summed E-state index contributed by atoms with van der Waals surface area (Å²) in [6.45, 7) is 0. The van der Waals surface area contributed by atoms with Gasteiger partial charge in [0.1, 0.15) is 11.5 Å². The maximum absolute atomic E-state index is 5.51. The van der Waals surface area contributed by atoms with E-state index in [1.165, 1.54) is 5.56 Å². The molecule has 0 aliphatic carbocycles. The van der Waals surface area contributed by atoms with Crippen molar-refractivity contribution in [2.24, 2.45) is 0 Å². The minimum atomic E-state index is 0.168. The standard InChI is InChI=1S/C13H12Br2O2/c1-16-10-4-2-3-9(7-10)8-11(14)12-5-6-13(15)17-12/h2-7,11H,8H2,1H3. The topological polar surface area (TPSA) is 22.4 Å². The normalized spacial score (nSPS) is 12.4. The zero-order chi connectivity index (χ0) is 12.3. The van der Waals surface area contributed by atoms with Gasteiger partial charge >= 0.3 is 0 Å². The van der Waals surface area contributed by atoms with Gasteiger partial charge < -0.3 is 9.15 Å². The van der Waals surface area contributed by atoms with Crippen molar-refractivity contribution in [3.63, 3.8) is 0 Å². The van der Waals surface area contributed by atoms with E-state index in [1.807, 2.05) is 30.3 Å². The van der Waals surface area contributed by atoms with Crippen molar-refractivity contribution in [1.82, 2.24) is 0 Å². The summed E-state index contributed by atoms with van der Waals surface area (Å²) in [5.41, 5.74) is 1.21. The molecule has 2 aromatic rings. The van der Waals surface area contributed by atoms with Crippen LogP contribution in [0.15, 0.2) is 45.5 Å². The minimum absolute atomic E-state index is 0.168. The van der Waals surface area contributed by atoms with Gasteiger partial charge in [-0.2, -0.15) is 0 Å². The van der Waals surface area contributed by atoms with Gasteiger partial charge in [-0.05, 0) is 52.2 Å². The molecule has 1 unspecified atom stereocenters. The highest BCUT2D eigenvalue weighted by atomic mass is 79.9. The number of furan rings is 1. The van der Waals surface area contributed by atoms with Gasteiger partial charge in [0.2, 0.25) is 0 Å². The van der Waals surface area contributed by atoms with Gasteiger partial charge in [-0.1, -0.05) is 28.1 Å². The van der Waals surface area contributed by atoms with E-state index in [9.17, 15) is 0 Å². The Balaban J connectivity index is 2.09. The van der Waals surface area contributed by atoms with E-state index in [4.69, 9.17) is 9.15 Å². The van der Waals surface area contributed by atoms with Gasteiger partial charge in [0.05, 0.1) is 11.9 Å². The van der Waals surface area contributed by atoms with E-state index < -0.39 is 0 Å². The second-order valence-corrected chi connectivity index (χ2v) is 5.55. The minimum Gasteiger partial charge on any atom is -0.497 e. The van der Waals surface area contributed by atoms with Crippen molar-refractivity contribution < 1.29 is 9.15 Å². The number of benzene rings is 1. The smallest absolute Gasteiger partial charge is 0.169 e. The van der Waals surface area contributed by atoms with Crippen LogP contribution in [0.3, 0.4) is 0 Å². The number of hydrogen-bond acceptors (Lipinski definition) is 2. The maximum Gasteiger partial charge on any atom is 0.169 e. The van der Waals surface area contributed by atoms with Crippen molar-refractivity contribution in [2.75, 3.05) is 7.11 Å². The fraction of sp³-hybridized carbons (Fsp3) is 0.231. The lowest BCUT2D eigenvalue weighted by atomic mass is 10.1. The summed E-state index contributed by atoms with van der Waals surface area (Å²) < 4.78 is 11.5. The summed E-state index contributed by atoms with van der Waals surface area (Å²) in [4.78, 5) is 0.168. The molecule has 1 aromatic carbocycles. The Morgan fingerprint density at radius 2 is 2.12 bits per heavy atom. The summed E-state index contributed by atoms with van der Waals surface area (Å²) in [5, 5.41) is 0. The molecule has 0 radical (unpaired) electrons. The average Bonchev–Trinajstić information content (AvgIpc) is 2.76. The molecule has 0 spiro atoms. The van der Waals surface area contributed by atoms with Gasteiger partial charge in [-0.3, -0.25) is 0 Å². The Morgan fingerprint density at radius 3 is 2.76 bits per heavy atom. The van der Waals surface area contributed by atoms with Gasteiger partial charge in [0.15, 0.2) is 4.67 Å². The molecular formula is C13H12Br2O2. The number of rotatable bonds is 4. The van der Waals surface area contributed by atoms with Crippen LogP contribution in [-0.2, 0) is 6.42 Å². The van der Waals surface area contributed by atoms with Crippen molar-refractivity contribution in [2.45, 2.75) is 11.2 Å². The van der Waals surface area contributed by atoms with E-state index in [-0.39, 0.29) is 4.83 Å². The summed E-state index contributed by atoms with van der Waals surface area (Å²) in [6, 6.07) is 11.9. The number of methoxy groups -OCH3 is 1. The summed E-state index contributed by atoms with van der Waals surface area (Å²) >= 11 is 6.93. The maximum atomic E-state index is 5.51. The van der Waals surface area contributed by atoms with Crippen LogP contribution < -0.4 is 4.74 Å². The molecule has 0 aliphatic rings. The predicted molar refractivity (Wildman–Crippen MR) is 74.8 cm³/mol. The first-order valence-electron chi connectivity index (χ1n) is 5.21. The van der Waals surface area contributed by atoms with E-state index in [0.717, 1.165) is 22.6 Å². The van der Waals surface area contributed by atoms with E-state index in [0.29, 0.717) is 0 Å². The van der Waals surface area contributed by atoms with Crippen LogP contribution in [0.25, 0.3) is 0 Å². The van der Waals surface area contributed by atoms with Gasteiger partial charge in [0.25, 0.3) is 0 Å². The second-order valence-electron chi connectivity index (χ2n) is 3.67. The Kier molecular flexibility index (Phi) is 4.29. The predicted octanol–water partition coefficient (Wildman–Crippen LogP) is 4.73.